The number of nitrogens with zero attached hydrogens (tertiary/aromatic N) is 1. The number of likely N-dealkylation sites (N-methyl/N-ethyl adjacent to an activating group) is 1. The summed E-state index contributed by atoms with van der Waals surface area (Å²) in [5, 5.41) is 9.24. The molecule has 1 atom stereocenters. The van der Waals surface area contributed by atoms with Crippen LogP contribution < -0.4 is 5.73 Å². The number of aromatic hydroxyl groups is 1. The maximum atomic E-state index is 12.3. The van der Waals surface area contributed by atoms with Gasteiger partial charge in [-0.3, -0.25) is 4.79 Å². The van der Waals surface area contributed by atoms with Crippen molar-refractivity contribution in [2.45, 2.75) is 25.9 Å². The quantitative estimate of drug-likeness (QED) is 0.879. The monoisotopic (exact) mass is 288 g/mol. The van der Waals surface area contributed by atoms with Crippen LogP contribution in [0.3, 0.4) is 0 Å². The summed E-state index contributed by atoms with van der Waals surface area (Å²) in [6, 6.07) is 7.96. The molecule has 1 aromatic heterocycles. The van der Waals surface area contributed by atoms with Crippen LogP contribution in [-0.4, -0.2) is 29.0 Å². The van der Waals surface area contributed by atoms with E-state index in [4.69, 9.17) is 10.2 Å². The van der Waals surface area contributed by atoms with E-state index in [0.29, 0.717) is 13.0 Å². The molecular weight excluding hydrogens is 268 g/mol. The Morgan fingerprint density at radius 2 is 2.00 bits per heavy atom. The first-order chi connectivity index (χ1) is 9.97. The van der Waals surface area contributed by atoms with Gasteiger partial charge >= 0.3 is 0 Å². The molecule has 0 aliphatic carbocycles. The fraction of sp³-hybridized carbons (Fsp3) is 0.312. The number of carbonyl (C=O) groups excluding carboxylic acids is 1. The van der Waals surface area contributed by atoms with Gasteiger partial charge in [0.2, 0.25) is 5.91 Å². The summed E-state index contributed by atoms with van der Waals surface area (Å²) in [6.07, 6.45) is 2.05. The summed E-state index contributed by atoms with van der Waals surface area (Å²) in [5.41, 5.74) is 7.87. The van der Waals surface area contributed by atoms with Gasteiger partial charge in [-0.05, 0) is 37.1 Å². The number of hydrogen-bond acceptors (Lipinski definition) is 4. The van der Waals surface area contributed by atoms with Gasteiger partial charge in [-0.1, -0.05) is 12.1 Å². The molecule has 0 saturated carbocycles. The highest BCUT2D eigenvalue weighted by molar-refractivity contribution is 5.81. The summed E-state index contributed by atoms with van der Waals surface area (Å²) in [4.78, 5) is 13.9. The molecule has 0 spiro atoms. The summed E-state index contributed by atoms with van der Waals surface area (Å²) in [7, 11) is 1.73. The third kappa shape index (κ3) is 3.86. The first-order valence-electron chi connectivity index (χ1n) is 6.79. The zero-order valence-electron chi connectivity index (χ0n) is 12.2. The van der Waals surface area contributed by atoms with Gasteiger partial charge in [0.25, 0.3) is 0 Å². The first kappa shape index (κ1) is 15.1. The predicted octanol–water partition coefficient (Wildman–Crippen LogP) is 1.82. The second kappa shape index (κ2) is 6.45. The van der Waals surface area contributed by atoms with Crippen molar-refractivity contribution in [3.05, 3.63) is 53.5 Å². The maximum absolute atomic E-state index is 12.3. The molecule has 0 radical (unpaired) electrons. The minimum atomic E-state index is -0.605. The van der Waals surface area contributed by atoms with Crippen LogP contribution in [0.25, 0.3) is 0 Å². The SMILES string of the molecule is Cc1occc1CN(C)C(=O)[C@@H](N)Cc1ccc(O)cc1. The van der Waals surface area contributed by atoms with E-state index in [2.05, 4.69) is 0 Å². The predicted molar refractivity (Wildman–Crippen MR) is 79.7 cm³/mol. The Kier molecular flexibility index (Phi) is 4.65. The van der Waals surface area contributed by atoms with E-state index in [1.807, 2.05) is 13.0 Å². The van der Waals surface area contributed by atoms with Gasteiger partial charge in [-0.15, -0.1) is 0 Å². The van der Waals surface area contributed by atoms with Crippen molar-refractivity contribution in [2.75, 3.05) is 7.05 Å². The molecule has 1 aromatic carbocycles. The van der Waals surface area contributed by atoms with E-state index in [0.717, 1.165) is 16.9 Å². The van der Waals surface area contributed by atoms with Gasteiger partial charge in [0.15, 0.2) is 0 Å². The van der Waals surface area contributed by atoms with Crippen LogP contribution >= 0.6 is 0 Å². The van der Waals surface area contributed by atoms with E-state index >= 15 is 0 Å². The molecule has 0 fully saturated rings. The Morgan fingerprint density at radius 1 is 1.33 bits per heavy atom. The van der Waals surface area contributed by atoms with E-state index in [1.165, 1.54) is 0 Å². The smallest absolute Gasteiger partial charge is 0.239 e. The molecule has 5 nitrogen and oxygen atoms in total. The van der Waals surface area contributed by atoms with Crippen LogP contribution in [0.15, 0.2) is 41.0 Å². The normalized spacial score (nSPS) is 12.1. The molecule has 0 bridgehead atoms. The molecule has 1 amide bonds. The lowest BCUT2D eigenvalue weighted by Crippen LogP contribution is -2.42. The minimum absolute atomic E-state index is 0.122. The zero-order chi connectivity index (χ0) is 15.4. The minimum Gasteiger partial charge on any atom is -0.508 e. The molecule has 0 aliphatic rings. The van der Waals surface area contributed by atoms with E-state index in [1.54, 1.807) is 42.5 Å². The van der Waals surface area contributed by atoms with Gasteiger partial charge in [0.1, 0.15) is 11.5 Å². The molecule has 0 saturated heterocycles. The highest BCUT2D eigenvalue weighted by Gasteiger charge is 2.19. The van der Waals surface area contributed by atoms with Crippen molar-refractivity contribution in [2.24, 2.45) is 5.73 Å². The molecule has 5 heteroatoms. The highest BCUT2D eigenvalue weighted by atomic mass is 16.3. The Labute approximate surface area is 124 Å². The van der Waals surface area contributed by atoms with Gasteiger partial charge in [0, 0.05) is 19.2 Å². The van der Waals surface area contributed by atoms with Gasteiger partial charge in [-0.25, -0.2) is 0 Å². The highest BCUT2D eigenvalue weighted by Crippen LogP contribution is 2.14. The lowest BCUT2D eigenvalue weighted by Gasteiger charge is -2.21. The summed E-state index contributed by atoms with van der Waals surface area (Å²) in [5.74, 6) is 0.886. The van der Waals surface area contributed by atoms with Crippen LogP contribution in [0.2, 0.25) is 0 Å². The molecule has 0 unspecified atom stereocenters. The van der Waals surface area contributed by atoms with Crippen molar-refractivity contribution in [1.82, 2.24) is 4.90 Å². The number of furan rings is 1. The summed E-state index contributed by atoms with van der Waals surface area (Å²) < 4.78 is 5.22. The van der Waals surface area contributed by atoms with Crippen molar-refractivity contribution in [1.29, 1.82) is 0 Å². The van der Waals surface area contributed by atoms with Crippen molar-refractivity contribution in [3.63, 3.8) is 0 Å². The molecule has 2 aromatic rings. The number of aryl methyl sites for hydroxylation is 1. The second-order valence-corrected chi connectivity index (χ2v) is 5.17. The van der Waals surface area contributed by atoms with Crippen molar-refractivity contribution in [3.8, 4) is 5.75 Å². The van der Waals surface area contributed by atoms with Crippen LogP contribution in [0, 0.1) is 6.92 Å². The van der Waals surface area contributed by atoms with Crippen LogP contribution in [0.4, 0.5) is 0 Å². The Balaban J connectivity index is 1.95. The Hall–Kier alpha value is -2.27. The topological polar surface area (TPSA) is 79.7 Å². The van der Waals surface area contributed by atoms with Crippen molar-refractivity contribution < 1.29 is 14.3 Å². The molecule has 21 heavy (non-hydrogen) atoms. The zero-order valence-corrected chi connectivity index (χ0v) is 12.2. The number of rotatable bonds is 5. The largest absolute Gasteiger partial charge is 0.508 e. The number of amides is 1. The molecular formula is C16H20N2O3. The average molecular weight is 288 g/mol. The lowest BCUT2D eigenvalue weighted by atomic mass is 10.1. The Bertz CT molecular complexity index is 604. The van der Waals surface area contributed by atoms with Gasteiger partial charge < -0.3 is 20.2 Å². The second-order valence-electron chi connectivity index (χ2n) is 5.17. The number of phenols is 1. The Morgan fingerprint density at radius 3 is 2.57 bits per heavy atom. The molecule has 0 aliphatic heterocycles. The number of carbonyl (C=O) groups is 1. The van der Waals surface area contributed by atoms with Crippen LogP contribution in [-0.2, 0) is 17.8 Å². The number of phenolic OH excluding ortho intramolecular Hbond substituents is 1. The van der Waals surface area contributed by atoms with E-state index < -0.39 is 6.04 Å². The summed E-state index contributed by atoms with van der Waals surface area (Å²) in [6.45, 7) is 2.34. The number of hydrogen-bond donors (Lipinski definition) is 2. The fourth-order valence-corrected chi connectivity index (χ4v) is 2.17. The third-order valence-electron chi connectivity index (χ3n) is 3.46. The van der Waals surface area contributed by atoms with Crippen molar-refractivity contribution >= 4 is 5.91 Å². The van der Waals surface area contributed by atoms with Gasteiger partial charge in [-0.2, -0.15) is 0 Å². The third-order valence-corrected chi connectivity index (χ3v) is 3.46. The first-order valence-corrected chi connectivity index (χ1v) is 6.79. The molecule has 2 rings (SSSR count). The molecule has 1 heterocycles. The average Bonchev–Trinajstić information content (AvgIpc) is 2.86. The number of nitrogens with two attached hydrogens (primary N) is 1. The standard InChI is InChI=1S/C16H20N2O3/c1-11-13(7-8-21-11)10-18(2)16(20)15(17)9-12-3-5-14(19)6-4-12/h3-8,15,19H,9-10,17H2,1-2H3/t15-/m0/s1. The molecule has 112 valence electrons. The van der Waals surface area contributed by atoms with Gasteiger partial charge in [0.05, 0.1) is 12.3 Å². The van der Waals surface area contributed by atoms with Crippen LogP contribution in [0.1, 0.15) is 16.9 Å². The van der Waals surface area contributed by atoms with E-state index in [-0.39, 0.29) is 11.7 Å². The molecule has 3 N–H and O–H groups in total. The number of benzene rings is 1. The fourth-order valence-electron chi connectivity index (χ4n) is 2.17. The van der Waals surface area contributed by atoms with E-state index in [9.17, 15) is 9.90 Å². The van der Waals surface area contributed by atoms with Crippen LogP contribution in [0.5, 0.6) is 5.75 Å². The lowest BCUT2D eigenvalue weighted by molar-refractivity contribution is -0.131. The summed E-state index contributed by atoms with van der Waals surface area (Å²) >= 11 is 0. The maximum Gasteiger partial charge on any atom is 0.239 e.